The number of nitrogens with zero attached hydrogens (tertiary/aromatic N) is 5. The number of aromatic nitrogens is 4. The normalized spacial score (nSPS) is 30.1. The first-order valence-corrected chi connectivity index (χ1v) is 7.89. The number of amides is 1. The number of rotatable bonds is 2. The molecule has 0 radical (unpaired) electrons. The Balaban J connectivity index is 1.61. The van der Waals surface area contributed by atoms with Gasteiger partial charge in [0, 0.05) is 13.1 Å². The molecular weight excluding hydrogens is 332 g/mol. The molecule has 0 spiro atoms. The molecule has 2 aromatic rings. The summed E-state index contributed by atoms with van der Waals surface area (Å²) in [4.78, 5) is 26.2. The summed E-state index contributed by atoms with van der Waals surface area (Å²) in [5.41, 5.74) is 6.46. The van der Waals surface area contributed by atoms with Crippen molar-refractivity contribution >= 4 is 22.9 Å². The van der Waals surface area contributed by atoms with Crippen molar-refractivity contribution in [2.45, 2.75) is 24.5 Å². The lowest BCUT2D eigenvalue weighted by atomic mass is 10.1. The third-order valence-corrected chi connectivity index (χ3v) is 4.47. The molecule has 2 aliphatic heterocycles. The summed E-state index contributed by atoms with van der Waals surface area (Å²) in [5.74, 6) is -0.186. The quantitative estimate of drug-likeness (QED) is 0.553. The second-order valence-corrected chi connectivity index (χ2v) is 5.95. The van der Waals surface area contributed by atoms with E-state index in [1.807, 2.05) is 0 Å². The summed E-state index contributed by atoms with van der Waals surface area (Å²) in [5, 5.41) is 20.7. The minimum atomic E-state index is -1.36. The molecule has 0 aliphatic carbocycles. The van der Waals surface area contributed by atoms with E-state index >= 15 is 0 Å². The summed E-state index contributed by atoms with van der Waals surface area (Å²) in [6, 6.07) is 0. The average Bonchev–Trinajstić information content (AvgIpc) is 3.18. The lowest BCUT2D eigenvalue weighted by Crippen LogP contribution is -2.49. The molecule has 134 valence electrons. The molecule has 11 nitrogen and oxygen atoms in total. The van der Waals surface area contributed by atoms with Crippen LogP contribution in [0.3, 0.4) is 0 Å². The molecule has 11 heteroatoms. The van der Waals surface area contributed by atoms with Crippen LogP contribution in [0, 0.1) is 0 Å². The van der Waals surface area contributed by atoms with E-state index in [4.69, 9.17) is 15.2 Å². The van der Waals surface area contributed by atoms with Crippen LogP contribution in [-0.2, 0) is 14.3 Å². The highest BCUT2D eigenvalue weighted by Gasteiger charge is 2.49. The lowest BCUT2D eigenvalue weighted by Gasteiger charge is -2.29. The van der Waals surface area contributed by atoms with Gasteiger partial charge in [-0.3, -0.25) is 9.36 Å². The van der Waals surface area contributed by atoms with E-state index in [0.29, 0.717) is 37.5 Å². The van der Waals surface area contributed by atoms with E-state index in [2.05, 4.69) is 15.0 Å². The van der Waals surface area contributed by atoms with Crippen LogP contribution in [-0.4, -0.2) is 85.2 Å². The maximum Gasteiger partial charge on any atom is 0.254 e. The number of fused-ring (bicyclic) bond motifs is 1. The van der Waals surface area contributed by atoms with Gasteiger partial charge in [-0.25, -0.2) is 15.0 Å². The molecule has 2 saturated heterocycles. The number of carbonyl (C=O) groups is 1. The molecule has 0 saturated carbocycles. The molecule has 0 unspecified atom stereocenters. The number of morpholine rings is 1. The number of hydrogen-bond donors (Lipinski definition) is 3. The van der Waals surface area contributed by atoms with Gasteiger partial charge in [-0.15, -0.1) is 0 Å². The van der Waals surface area contributed by atoms with Crippen molar-refractivity contribution in [2.75, 3.05) is 32.0 Å². The predicted octanol–water partition coefficient (Wildman–Crippen LogP) is -2.11. The number of anilines is 1. The van der Waals surface area contributed by atoms with E-state index in [1.165, 1.54) is 17.2 Å². The van der Waals surface area contributed by atoms with Crippen LogP contribution in [0.4, 0.5) is 5.82 Å². The topological polar surface area (TPSA) is 149 Å². The fourth-order valence-electron chi connectivity index (χ4n) is 3.11. The minimum Gasteiger partial charge on any atom is -0.387 e. The largest absolute Gasteiger partial charge is 0.387 e. The molecule has 2 fully saturated rings. The molecule has 0 bridgehead atoms. The monoisotopic (exact) mass is 350 g/mol. The standard InChI is InChI=1S/C14H18N6O5/c15-11-7-12(17-5-16-11)20(6-18-7)14-9(22)8(21)10(25-14)13(23)19-1-3-24-4-2-19/h5-6,8-10,14,21-22H,1-4H2,(H2,15,16,17)/t8-,9+,10-,14+/m0/s1. The Kier molecular flexibility index (Phi) is 4.00. The Morgan fingerprint density at radius 3 is 2.72 bits per heavy atom. The summed E-state index contributed by atoms with van der Waals surface area (Å²) < 4.78 is 12.3. The van der Waals surface area contributed by atoms with Crippen LogP contribution in [0.1, 0.15) is 6.23 Å². The highest BCUT2D eigenvalue weighted by molar-refractivity contribution is 5.83. The van der Waals surface area contributed by atoms with Gasteiger partial charge in [-0.1, -0.05) is 0 Å². The van der Waals surface area contributed by atoms with E-state index < -0.39 is 24.5 Å². The molecule has 4 heterocycles. The molecule has 4 rings (SSSR count). The van der Waals surface area contributed by atoms with Crippen LogP contribution >= 0.6 is 0 Å². The Bertz CT molecular complexity index is 791. The predicted molar refractivity (Wildman–Crippen MR) is 83.1 cm³/mol. The van der Waals surface area contributed by atoms with Gasteiger partial charge in [0.15, 0.2) is 23.8 Å². The molecular formula is C14H18N6O5. The van der Waals surface area contributed by atoms with Crippen molar-refractivity contribution in [3.05, 3.63) is 12.7 Å². The van der Waals surface area contributed by atoms with Crippen LogP contribution < -0.4 is 5.73 Å². The molecule has 4 N–H and O–H groups in total. The van der Waals surface area contributed by atoms with Gasteiger partial charge in [0.2, 0.25) is 0 Å². The van der Waals surface area contributed by atoms with Crippen molar-refractivity contribution in [2.24, 2.45) is 0 Å². The first kappa shape index (κ1) is 16.1. The van der Waals surface area contributed by atoms with E-state index in [0.717, 1.165) is 0 Å². The summed E-state index contributed by atoms with van der Waals surface area (Å²) in [6.07, 6.45) is -2.21. The van der Waals surface area contributed by atoms with Gasteiger partial charge in [0.05, 0.1) is 19.5 Å². The van der Waals surface area contributed by atoms with Crippen molar-refractivity contribution in [3.63, 3.8) is 0 Å². The first-order valence-electron chi connectivity index (χ1n) is 7.89. The zero-order chi connectivity index (χ0) is 17.6. The van der Waals surface area contributed by atoms with Gasteiger partial charge in [-0.05, 0) is 0 Å². The van der Waals surface area contributed by atoms with Crippen molar-refractivity contribution < 1.29 is 24.5 Å². The Hall–Kier alpha value is -2.34. The van der Waals surface area contributed by atoms with Crippen LogP contribution in [0.25, 0.3) is 11.2 Å². The number of aliphatic hydroxyl groups is 2. The van der Waals surface area contributed by atoms with Gasteiger partial charge in [0.25, 0.3) is 5.91 Å². The Morgan fingerprint density at radius 1 is 1.20 bits per heavy atom. The fourth-order valence-corrected chi connectivity index (χ4v) is 3.11. The number of imidazole rings is 1. The first-order chi connectivity index (χ1) is 12.1. The number of carbonyl (C=O) groups excluding carboxylic acids is 1. The maximum absolute atomic E-state index is 12.6. The number of nitrogen functional groups attached to an aromatic ring is 1. The Labute approximate surface area is 142 Å². The van der Waals surface area contributed by atoms with Gasteiger partial charge in [0.1, 0.15) is 24.1 Å². The zero-order valence-electron chi connectivity index (χ0n) is 13.2. The van der Waals surface area contributed by atoms with Gasteiger partial charge in [-0.2, -0.15) is 0 Å². The average molecular weight is 350 g/mol. The second kappa shape index (κ2) is 6.19. The summed E-state index contributed by atoms with van der Waals surface area (Å²) in [7, 11) is 0. The summed E-state index contributed by atoms with van der Waals surface area (Å²) in [6.45, 7) is 1.71. The van der Waals surface area contributed by atoms with Gasteiger partial charge < -0.3 is 30.3 Å². The maximum atomic E-state index is 12.6. The van der Waals surface area contributed by atoms with Crippen molar-refractivity contribution in [1.29, 1.82) is 0 Å². The zero-order valence-corrected chi connectivity index (χ0v) is 13.2. The molecule has 25 heavy (non-hydrogen) atoms. The van der Waals surface area contributed by atoms with E-state index in [9.17, 15) is 15.0 Å². The van der Waals surface area contributed by atoms with Gasteiger partial charge >= 0.3 is 0 Å². The number of aliphatic hydroxyl groups excluding tert-OH is 2. The van der Waals surface area contributed by atoms with Crippen LogP contribution in [0.15, 0.2) is 12.7 Å². The highest BCUT2D eigenvalue weighted by Crippen LogP contribution is 2.32. The SMILES string of the molecule is Nc1ncnc2c1ncn2[C@@H]1O[C@H](C(=O)N2CCOCC2)[C@@H](O)[C@H]1O. The molecule has 0 aromatic carbocycles. The number of ether oxygens (including phenoxy) is 2. The lowest BCUT2D eigenvalue weighted by molar-refractivity contribution is -0.152. The second-order valence-electron chi connectivity index (χ2n) is 5.95. The summed E-state index contributed by atoms with van der Waals surface area (Å²) >= 11 is 0. The molecule has 4 atom stereocenters. The Morgan fingerprint density at radius 2 is 1.96 bits per heavy atom. The van der Waals surface area contributed by atoms with Crippen LogP contribution in [0.2, 0.25) is 0 Å². The third kappa shape index (κ3) is 2.61. The molecule has 2 aromatic heterocycles. The van der Waals surface area contributed by atoms with Crippen molar-refractivity contribution in [3.8, 4) is 0 Å². The smallest absolute Gasteiger partial charge is 0.254 e. The van der Waals surface area contributed by atoms with E-state index in [-0.39, 0.29) is 11.7 Å². The fraction of sp³-hybridized carbons (Fsp3) is 0.571. The van der Waals surface area contributed by atoms with E-state index in [1.54, 1.807) is 4.90 Å². The third-order valence-electron chi connectivity index (χ3n) is 4.47. The number of nitrogens with two attached hydrogens (primary N) is 1. The van der Waals surface area contributed by atoms with Crippen molar-refractivity contribution in [1.82, 2.24) is 24.4 Å². The number of hydrogen-bond acceptors (Lipinski definition) is 9. The molecule has 2 aliphatic rings. The minimum absolute atomic E-state index is 0.192. The molecule has 1 amide bonds. The van der Waals surface area contributed by atoms with Crippen LogP contribution in [0.5, 0.6) is 0 Å². The highest BCUT2D eigenvalue weighted by atomic mass is 16.6.